The topological polar surface area (TPSA) is 49.4 Å². The summed E-state index contributed by atoms with van der Waals surface area (Å²) in [5.41, 5.74) is 0. The van der Waals surface area contributed by atoms with E-state index >= 15 is 0 Å². The van der Waals surface area contributed by atoms with Crippen LogP contribution >= 0.6 is 23.7 Å². The maximum absolute atomic E-state index is 12.6. The van der Waals surface area contributed by atoms with E-state index in [9.17, 15) is 8.42 Å². The summed E-state index contributed by atoms with van der Waals surface area (Å²) in [5, 5.41) is 5.15. The Hall–Kier alpha value is -0.140. The molecule has 0 radical (unpaired) electrons. The van der Waals surface area contributed by atoms with Crippen LogP contribution in [0, 0.1) is 0 Å². The molecule has 2 atom stereocenters. The minimum absolute atomic E-state index is 0. The average Bonchev–Trinajstić information content (AvgIpc) is 2.85. The molecule has 2 fully saturated rings. The van der Waals surface area contributed by atoms with Crippen LogP contribution in [0.4, 0.5) is 0 Å². The standard InChI is InChI=1S/C11H16N2O2S2.ClH/c14-17(15,11-2-1-7-16-11)13-9-3-4-10(13)8-12-6-5-9;/h1-2,7,9-10,12H,3-6,8H2;1H. The second-order valence-corrected chi connectivity index (χ2v) is 7.66. The first-order chi connectivity index (χ1) is 8.19. The summed E-state index contributed by atoms with van der Waals surface area (Å²) >= 11 is 1.31. The van der Waals surface area contributed by atoms with Crippen LogP contribution in [0.25, 0.3) is 0 Å². The van der Waals surface area contributed by atoms with Gasteiger partial charge < -0.3 is 5.32 Å². The van der Waals surface area contributed by atoms with Gasteiger partial charge in [-0.1, -0.05) is 6.07 Å². The fourth-order valence-electron chi connectivity index (χ4n) is 2.85. The summed E-state index contributed by atoms with van der Waals surface area (Å²) in [4.78, 5) is 0. The third-order valence-corrected chi connectivity index (χ3v) is 6.99. The number of halogens is 1. The lowest BCUT2D eigenvalue weighted by Gasteiger charge is -2.26. The van der Waals surface area contributed by atoms with E-state index in [1.165, 1.54) is 11.3 Å². The van der Waals surface area contributed by atoms with Crippen molar-refractivity contribution < 1.29 is 8.42 Å². The Bertz CT molecular complexity index is 475. The van der Waals surface area contributed by atoms with E-state index in [0.29, 0.717) is 4.21 Å². The number of hydrogen-bond donors (Lipinski definition) is 1. The molecule has 1 N–H and O–H groups in total. The van der Waals surface area contributed by atoms with Crippen LogP contribution in [0.15, 0.2) is 21.7 Å². The predicted molar refractivity (Wildman–Crippen MR) is 74.9 cm³/mol. The molecule has 102 valence electrons. The van der Waals surface area contributed by atoms with Crippen LogP contribution < -0.4 is 5.32 Å². The van der Waals surface area contributed by atoms with Crippen LogP contribution in [0.3, 0.4) is 0 Å². The second-order valence-electron chi connectivity index (χ2n) is 4.64. The highest BCUT2D eigenvalue weighted by atomic mass is 35.5. The Labute approximate surface area is 118 Å². The van der Waals surface area contributed by atoms with Gasteiger partial charge in [-0.05, 0) is 37.3 Å². The molecule has 2 aliphatic heterocycles. The van der Waals surface area contributed by atoms with Gasteiger partial charge in [-0.15, -0.1) is 23.7 Å². The zero-order valence-corrected chi connectivity index (χ0v) is 12.4. The molecule has 2 unspecified atom stereocenters. The fourth-order valence-corrected chi connectivity index (χ4v) is 5.84. The first-order valence-electron chi connectivity index (χ1n) is 5.97. The van der Waals surface area contributed by atoms with E-state index in [1.807, 2.05) is 5.38 Å². The van der Waals surface area contributed by atoms with Crippen LogP contribution in [-0.2, 0) is 10.0 Å². The number of fused-ring (bicyclic) bond motifs is 2. The Morgan fingerprint density at radius 2 is 2.06 bits per heavy atom. The van der Waals surface area contributed by atoms with E-state index in [4.69, 9.17) is 0 Å². The highest BCUT2D eigenvalue weighted by Crippen LogP contribution is 2.34. The second kappa shape index (κ2) is 5.46. The number of thiophene rings is 1. The molecule has 0 amide bonds. The molecule has 2 bridgehead atoms. The van der Waals surface area contributed by atoms with Crippen LogP contribution in [0.5, 0.6) is 0 Å². The summed E-state index contributed by atoms with van der Waals surface area (Å²) in [6.07, 6.45) is 2.93. The van der Waals surface area contributed by atoms with E-state index in [-0.39, 0.29) is 24.5 Å². The maximum Gasteiger partial charge on any atom is 0.253 e. The first-order valence-corrected chi connectivity index (χ1v) is 8.29. The van der Waals surface area contributed by atoms with Gasteiger partial charge in [-0.2, -0.15) is 4.31 Å². The Kier molecular flexibility index (Phi) is 4.33. The van der Waals surface area contributed by atoms with Crippen molar-refractivity contribution in [2.75, 3.05) is 13.1 Å². The van der Waals surface area contributed by atoms with Crippen LogP contribution in [0.2, 0.25) is 0 Å². The monoisotopic (exact) mass is 308 g/mol. The third-order valence-electron chi connectivity index (χ3n) is 3.61. The lowest BCUT2D eigenvalue weighted by atomic mass is 10.1. The van der Waals surface area contributed by atoms with E-state index in [2.05, 4.69) is 5.32 Å². The lowest BCUT2D eigenvalue weighted by Crippen LogP contribution is -2.42. The van der Waals surface area contributed by atoms with Gasteiger partial charge in [-0.3, -0.25) is 0 Å². The van der Waals surface area contributed by atoms with Crippen molar-refractivity contribution in [3.8, 4) is 0 Å². The van der Waals surface area contributed by atoms with Crippen molar-refractivity contribution >= 4 is 33.8 Å². The Balaban J connectivity index is 0.00000120. The molecule has 3 heterocycles. The quantitative estimate of drug-likeness (QED) is 0.904. The zero-order chi connectivity index (χ0) is 11.9. The van der Waals surface area contributed by atoms with Gasteiger partial charge in [0.15, 0.2) is 0 Å². The van der Waals surface area contributed by atoms with Gasteiger partial charge in [0.2, 0.25) is 0 Å². The van der Waals surface area contributed by atoms with Crippen molar-refractivity contribution in [1.29, 1.82) is 0 Å². The minimum atomic E-state index is -3.27. The van der Waals surface area contributed by atoms with Gasteiger partial charge >= 0.3 is 0 Å². The molecule has 7 heteroatoms. The molecule has 1 aromatic heterocycles. The maximum atomic E-state index is 12.6. The molecule has 0 aromatic carbocycles. The lowest BCUT2D eigenvalue weighted by molar-refractivity contribution is 0.335. The smallest absolute Gasteiger partial charge is 0.253 e. The number of nitrogens with one attached hydrogen (secondary N) is 1. The largest absolute Gasteiger partial charge is 0.315 e. The minimum Gasteiger partial charge on any atom is -0.315 e. The molecule has 4 nitrogen and oxygen atoms in total. The molecular formula is C11H17ClN2O2S2. The Morgan fingerprint density at radius 1 is 1.28 bits per heavy atom. The van der Waals surface area contributed by atoms with E-state index in [1.54, 1.807) is 16.4 Å². The van der Waals surface area contributed by atoms with Crippen molar-refractivity contribution in [2.24, 2.45) is 0 Å². The predicted octanol–water partition coefficient (Wildman–Crippen LogP) is 1.68. The van der Waals surface area contributed by atoms with Gasteiger partial charge in [0.25, 0.3) is 10.0 Å². The molecule has 0 saturated carbocycles. The van der Waals surface area contributed by atoms with E-state index < -0.39 is 10.0 Å². The summed E-state index contributed by atoms with van der Waals surface area (Å²) in [6.45, 7) is 1.72. The van der Waals surface area contributed by atoms with Crippen molar-refractivity contribution in [2.45, 2.75) is 35.6 Å². The van der Waals surface area contributed by atoms with E-state index in [0.717, 1.165) is 32.4 Å². The van der Waals surface area contributed by atoms with Crippen molar-refractivity contribution in [3.05, 3.63) is 17.5 Å². The molecule has 18 heavy (non-hydrogen) atoms. The number of hydrogen-bond acceptors (Lipinski definition) is 4. The summed E-state index contributed by atoms with van der Waals surface area (Å²) in [5.74, 6) is 0. The SMILES string of the molecule is Cl.O=S(=O)(c1cccs1)N1C2CCNCC1CC2. The molecular weight excluding hydrogens is 292 g/mol. The number of rotatable bonds is 2. The van der Waals surface area contributed by atoms with Crippen LogP contribution in [-0.4, -0.2) is 37.9 Å². The molecule has 3 rings (SSSR count). The van der Waals surface area contributed by atoms with Gasteiger partial charge in [0, 0.05) is 18.6 Å². The highest BCUT2D eigenvalue weighted by molar-refractivity contribution is 7.91. The number of sulfonamides is 1. The van der Waals surface area contributed by atoms with Gasteiger partial charge in [0.1, 0.15) is 4.21 Å². The normalized spacial score (nSPS) is 28.7. The molecule has 0 spiro atoms. The highest BCUT2D eigenvalue weighted by Gasteiger charge is 2.43. The van der Waals surface area contributed by atoms with Crippen LogP contribution in [0.1, 0.15) is 19.3 Å². The fraction of sp³-hybridized carbons (Fsp3) is 0.636. The summed E-state index contributed by atoms with van der Waals surface area (Å²) in [7, 11) is -3.27. The zero-order valence-electron chi connectivity index (χ0n) is 9.91. The summed E-state index contributed by atoms with van der Waals surface area (Å²) < 4.78 is 27.4. The average molecular weight is 309 g/mol. The number of nitrogens with zero attached hydrogens (tertiary/aromatic N) is 1. The van der Waals surface area contributed by atoms with Crippen molar-refractivity contribution in [3.63, 3.8) is 0 Å². The Morgan fingerprint density at radius 3 is 2.78 bits per heavy atom. The van der Waals surface area contributed by atoms with Gasteiger partial charge in [0.05, 0.1) is 0 Å². The van der Waals surface area contributed by atoms with Crippen molar-refractivity contribution in [1.82, 2.24) is 9.62 Å². The third kappa shape index (κ3) is 2.32. The summed E-state index contributed by atoms with van der Waals surface area (Å²) in [6, 6.07) is 3.85. The first kappa shape index (κ1) is 14.3. The molecule has 0 aliphatic carbocycles. The molecule has 2 aliphatic rings. The van der Waals surface area contributed by atoms with Gasteiger partial charge in [-0.25, -0.2) is 8.42 Å². The molecule has 2 saturated heterocycles. The molecule has 1 aromatic rings.